The number of aryl methyl sites for hydroxylation is 1. The number of rotatable bonds is 5. The molecular weight excluding hydrogens is 258 g/mol. The number of fused-ring (bicyclic) bond motifs is 1. The molecule has 2 heterocycles. The predicted octanol–water partition coefficient (Wildman–Crippen LogP) is 4.56. The van der Waals surface area contributed by atoms with Crippen molar-refractivity contribution in [2.45, 2.75) is 46.2 Å². The second kappa shape index (κ2) is 5.76. The lowest BCUT2D eigenvalue weighted by atomic mass is 10.1. The third-order valence-electron chi connectivity index (χ3n) is 4.34. The van der Waals surface area contributed by atoms with Crippen molar-refractivity contribution in [1.29, 1.82) is 0 Å². The third kappa shape index (κ3) is 2.60. The third-order valence-corrected chi connectivity index (χ3v) is 4.34. The van der Waals surface area contributed by atoms with E-state index in [0.29, 0.717) is 6.04 Å². The first-order chi connectivity index (χ1) is 10.2. The lowest BCUT2D eigenvalue weighted by Crippen LogP contribution is -2.08. The van der Waals surface area contributed by atoms with E-state index in [9.17, 15) is 0 Å². The van der Waals surface area contributed by atoms with Crippen LogP contribution in [0.3, 0.4) is 0 Å². The van der Waals surface area contributed by atoms with E-state index in [1.807, 2.05) is 0 Å². The average molecular weight is 281 g/mol. The Morgan fingerprint density at radius 3 is 2.62 bits per heavy atom. The Morgan fingerprint density at radius 1 is 1.05 bits per heavy atom. The molecule has 3 aromatic rings. The minimum atomic E-state index is 0.516. The van der Waals surface area contributed by atoms with Crippen LogP contribution in [0.2, 0.25) is 0 Å². The molecule has 1 aromatic carbocycles. The smallest absolute Gasteiger partial charge is 0.0821 e. The zero-order valence-corrected chi connectivity index (χ0v) is 13.1. The Morgan fingerprint density at radius 2 is 1.86 bits per heavy atom. The number of aromatic nitrogens is 3. The fourth-order valence-electron chi connectivity index (χ4n) is 3.02. The molecule has 0 N–H and O–H groups in total. The molecule has 0 saturated carbocycles. The van der Waals surface area contributed by atoms with Crippen molar-refractivity contribution in [1.82, 2.24) is 14.3 Å². The van der Waals surface area contributed by atoms with Crippen LogP contribution >= 0.6 is 0 Å². The average Bonchev–Trinajstić information content (AvgIpc) is 3.10. The Labute approximate surface area is 126 Å². The van der Waals surface area contributed by atoms with Crippen molar-refractivity contribution in [3.63, 3.8) is 0 Å². The zero-order chi connectivity index (χ0) is 14.8. The minimum Gasteiger partial charge on any atom is -0.341 e. The maximum atomic E-state index is 4.75. The van der Waals surface area contributed by atoms with Crippen LogP contribution in [0.15, 0.2) is 42.7 Å². The molecule has 0 aliphatic heterocycles. The summed E-state index contributed by atoms with van der Waals surface area (Å²) in [6.45, 7) is 7.43. The van der Waals surface area contributed by atoms with Crippen LogP contribution in [0.5, 0.6) is 0 Å². The molecule has 0 amide bonds. The van der Waals surface area contributed by atoms with Crippen LogP contribution in [-0.2, 0) is 6.54 Å². The summed E-state index contributed by atoms with van der Waals surface area (Å²) in [6, 6.07) is 11.3. The van der Waals surface area contributed by atoms with Gasteiger partial charge in [-0.1, -0.05) is 26.0 Å². The summed E-state index contributed by atoms with van der Waals surface area (Å²) in [6.07, 6.45) is 6.53. The van der Waals surface area contributed by atoms with Crippen molar-refractivity contribution in [2.24, 2.45) is 0 Å². The quantitative estimate of drug-likeness (QED) is 0.672. The van der Waals surface area contributed by atoms with Crippen LogP contribution in [0.4, 0.5) is 0 Å². The van der Waals surface area contributed by atoms with Crippen molar-refractivity contribution in [3.8, 4) is 0 Å². The van der Waals surface area contributed by atoms with Crippen LogP contribution < -0.4 is 0 Å². The highest BCUT2D eigenvalue weighted by Crippen LogP contribution is 2.21. The van der Waals surface area contributed by atoms with Crippen LogP contribution in [0, 0.1) is 6.92 Å². The fourth-order valence-corrected chi connectivity index (χ4v) is 3.02. The summed E-state index contributed by atoms with van der Waals surface area (Å²) in [4.78, 5) is 0. The molecule has 0 spiro atoms. The maximum Gasteiger partial charge on any atom is 0.0821 e. The summed E-state index contributed by atoms with van der Waals surface area (Å²) in [5.41, 5.74) is 3.74. The first-order valence-corrected chi connectivity index (χ1v) is 7.81. The summed E-state index contributed by atoms with van der Waals surface area (Å²) >= 11 is 0. The maximum absolute atomic E-state index is 4.75. The molecule has 0 aliphatic carbocycles. The predicted molar refractivity (Wildman–Crippen MR) is 87.6 cm³/mol. The first-order valence-electron chi connectivity index (χ1n) is 7.81. The molecule has 3 rings (SSSR count). The van der Waals surface area contributed by atoms with E-state index in [0.717, 1.165) is 25.1 Å². The lowest BCUT2D eigenvalue weighted by Gasteiger charge is -2.12. The minimum absolute atomic E-state index is 0.516. The van der Waals surface area contributed by atoms with Gasteiger partial charge in [0.2, 0.25) is 0 Å². The normalized spacial score (nSPS) is 11.6. The van der Waals surface area contributed by atoms with Gasteiger partial charge in [0.1, 0.15) is 0 Å². The van der Waals surface area contributed by atoms with Gasteiger partial charge in [-0.25, -0.2) is 0 Å². The van der Waals surface area contributed by atoms with Crippen molar-refractivity contribution in [2.75, 3.05) is 0 Å². The van der Waals surface area contributed by atoms with Crippen molar-refractivity contribution < 1.29 is 0 Å². The standard InChI is InChI=1S/C18H23N3/c1-4-16(5-2)21-12-9-15(19-21)13-20-11-10-17-14(3)7-6-8-18(17)20/h6-12,16H,4-5,13H2,1-3H3. The monoisotopic (exact) mass is 281 g/mol. The van der Waals surface area contributed by atoms with E-state index < -0.39 is 0 Å². The van der Waals surface area contributed by atoms with E-state index in [4.69, 9.17) is 5.10 Å². The van der Waals surface area contributed by atoms with Gasteiger partial charge in [-0.3, -0.25) is 4.68 Å². The van der Waals surface area contributed by atoms with Crippen LogP contribution in [-0.4, -0.2) is 14.3 Å². The van der Waals surface area contributed by atoms with Gasteiger partial charge < -0.3 is 4.57 Å². The first kappa shape index (κ1) is 13.9. The zero-order valence-electron chi connectivity index (χ0n) is 13.1. The summed E-state index contributed by atoms with van der Waals surface area (Å²) in [5.74, 6) is 0. The van der Waals surface area contributed by atoms with E-state index in [2.05, 4.69) is 72.7 Å². The lowest BCUT2D eigenvalue weighted by molar-refractivity contribution is 0.425. The van der Waals surface area contributed by atoms with Gasteiger partial charge in [-0.2, -0.15) is 5.10 Å². The molecule has 3 heteroatoms. The molecule has 0 unspecified atom stereocenters. The molecule has 0 bridgehead atoms. The molecule has 0 atom stereocenters. The molecule has 3 nitrogen and oxygen atoms in total. The number of hydrogen-bond donors (Lipinski definition) is 0. The van der Waals surface area contributed by atoms with Gasteiger partial charge in [0.25, 0.3) is 0 Å². The Hall–Kier alpha value is -2.03. The summed E-state index contributed by atoms with van der Waals surface area (Å²) < 4.78 is 4.40. The van der Waals surface area contributed by atoms with E-state index in [1.54, 1.807) is 0 Å². The van der Waals surface area contributed by atoms with E-state index in [1.165, 1.54) is 16.5 Å². The Balaban J connectivity index is 1.87. The van der Waals surface area contributed by atoms with E-state index >= 15 is 0 Å². The SMILES string of the molecule is CCC(CC)n1ccc(Cn2ccc3c(C)cccc32)n1. The van der Waals surface area contributed by atoms with Crippen LogP contribution in [0.1, 0.15) is 44.0 Å². The highest BCUT2D eigenvalue weighted by molar-refractivity contribution is 5.83. The van der Waals surface area contributed by atoms with E-state index in [-0.39, 0.29) is 0 Å². The molecule has 2 aromatic heterocycles. The van der Waals surface area contributed by atoms with Gasteiger partial charge in [0.05, 0.1) is 18.3 Å². The molecule has 0 radical (unpaired) electrons. The van der Waals surface area contributed by atoms with Crippen molar-refractivity contribution in [3.05, 3.63) is 54.0 Å². The topological polar surface area (TPSA) is 22.8 Å². The fraction of sp³-hybridized carbons (Fsp3) is 0.389. The number of hydrogen-bond acceptors (Lipinski definition) is 1. The second-order valence-corrected chi connectivity index (χ2v) is 5.71. The Bertz CT molecular complexity index is 732. The number of benzene rings is 1. The second-order valence-electron chi connectivity index (χ2n) is 5.71. The van der Waals surface area contributed by atoms with Crippen LogP contribution in [0.25, 0.3) is 10.9 Å². The highest BCUT2D eigenvalue weighted by Gasteiger charge is 2.09. The largest absolute Gasteiger partial charge is 0.341 e. The molecule has 21 heavy (non-hydrogen) atoms. The summed E-state index contributed by atoms with van der Waals surface area (Å²) in [5, 5.41) is 6.08. The van der Waals surface area contributed by atoms with Crippen molar-refractivity contribution >= 4 is 10.9 Å². The van der Waals surface area contributed by atoms with Gasteiger partial charge >= 0.3 is 0 Å². The van der Waals surface area contributed by atoms with Gasteiger partial charge in [-0.15, -0.1) is 0 Å². The molecule has 110 valence electrons. The van der Waals surface area contributed by atoms with Gasteiger partial charge in [0.15, 0.2) is 0 Å². The van der Waals surface area contributed by atoms with Gasteiger partial charge in [-0.05, 0) is 43.5 Å². The van der Waals surface area contributed by atoms with Gasteiger partial charge in [0, 0.05) is 23.3 Å². The Kier molecular flexibility index (Phi) is 3.82. The molecule has 0 aliphatic rings. The number of nitrogens with zero attached hydrogens (tertiary/aromatic N) is 3. The highest BCUT2D eigenvalue weighted by atomic mass is 15.3. The molecule has 0 saturated heterocycles. The summed E-state index contributed by atoms with van der Waals surface area (Å²) in [7, 11) is 0. The molecular formula is C18H23N3. The molecule has 0 fully saturated rings.